The van der Waals surface area contributed by atoms with Gasteiger partial charge >= 0.3 is 0 Å². The molecule has 1 aromatic heterocycles. The fourth-order valence-corrected chi connectivity index (χ4v) is 5.60. The van der Waals surface area contributed by atoms with Crippen molar-refractivity contribution in [2.24, 2.45) is 0 Å². The first-order valence-corrected chi connectivity index (χ1v) is 12.0. The predicted octanol–water partition coefficient (Wildman–Crippen LogP) is 3.50. The van der Waals surface area contributed by atoms with Crippen LogP contribution in [0, 0.1) is 5.82 Å². The molecule has 0 aliphatic carbocycles. The van der Waals surface area contributed by atoms with Crippen LogP contribution in [-0.2, 0) is 16.6 Å². The third-order valence-electron chi connectivity index (χ3n) is 5.71. The second-order valence-corrected chi connectivity index (χ2v) is 9.81. The minimum Gasteiger partial charge on any atom is -0.348 e. The topological polar surface area (TPSA) is 84.3 Å². The summed E-state index contributed by atoms with van der Waals surface area (Å²) >= 11 is 0. The molecule has 0 spiro atoms. The average molecular weight is 457 g/mol. The second kappa shape index (κ2) is 9.22. The van der Waals surface area contributed by atoms with Crippen LogP contribution in [0.3, 0.4) is 0 Å². The highest BCUT2D eigenvalue weighted by Gasteiger charge is 2.30. The lowest BCUT2D eigenvalue weighted by Gasteiger charge is -2.32. The van der Waals surface area contributed by atoms with E-state index in [9.17, 15) is 17.6 Å². The maximum Gasteiger partial charge on any atom is 0.251 e. The standard InChI is InChI=1S/C23H25FN4O3S/c1-17-4-2-3-12-28(17)32(30,31)20-8-6-19(7-9-20)23(29)26-15-18-5-10-22(21(24)14-18)27-13-11-25-16-27/h5-11,13-14,16-17H,2-4,12,15H2,1H3,(H,26,29). The molecule has 2 aromatic carbocycles. The van der Waals surface area contributed by atoms with Crippen LogP contribution in [0.5, 0.6) is 0 Å². The number of rotatable bonds is 6. The summed E-state index contributed by atoms with van der Waals surface area (Å²) in [6.45, 7) is 2.58. The van der Waals surface area contributed by atoms with Gasteiger partial charge in [0.1, 0.15) is 5.82 Å². The molecule has 1 unspecified atom stereocenters. The zero-order valence-electron chi connectivity index (χ0n) is 17.7. The van der Waals surface area contributed by atoms with Gasteiger partial charge in [-0.15, -0.1) is 0 Å². The highest BCUT2D eigenvalue weighted by Crippen LogP contribution is 2.25. The summed E-state index contributed by atoms with van der Waals surface area (Å²) < 4.78 is 43.3. The number of carbonyl (C=O) groups is 1. The highest BCUT2D eigenvalue weighted by atomic mass is 32.2. The van der Waals surface area contributed by atoms with Crippen molar-refractivity contribution in [2.75, 3.05) is 6.54 Å². The molecule has 7 nitrogen and oxygen atoms in total. The molecule has 0 saturated carbocycles. The number of carbonyl (C=O) groups excluding carboxylic acids is 1. The monoisotopic (exact) mass is 456 g/mol. The number of benzene rings is 2. The Bertz CT molecular complexity index is 1190. The van der Waals surface area contributed by atoms with Gasteiger partial charge in [-0.1, -0.05) is 12.5 Å². The maximum absolute atomic E-state index is 14.4. The molecule has 1 saturated heterocycles. The lowest BCUT2D eigenvalue weighted by molar-refractivity contribution is 0.0950. The van der Waals surface area contributed by atoms with Gasteiger partial charge in [-0.2, -0.15) is 4.31 Å². The van der Waals surface area contributed by atoms with Crippen molar-refractivity contribution in [1.82, 2.24) is 19.2 Å². The average Bonchev–Trinajstić information content (AvgIpc) is 3.32. The number of amides is 1. The number of nitrogens with zero attached hydrogens (tertiary/aromatic N) is 3. The van der Waals surface area contributed by atoms with Gasteiger partial charge in [0.15, 0.2) is 0 Å². The fraction of sp³-hybridized carbons (Fsp3) is 0.304. The minimum atomic E-state index is -3.58. The Morgan fingerprint density at radius 1 is 1.19 bits per heavy atom. The third-order valence-corrected chi connectivity index (χ3v) is 7.74. The molecule has 9 heteroatoms. The third kappa shape index (κ3) is 4.58. The Morgan fingerprint density at radius 2 is 1.97 bits per heavy atom. The van der Waals surface area contributed by atoms with Crippen molar-refractivity contribution in [3.05, 3.63) is 78.1 Å². The first-order chi connectivity index (χ1) is 15.4. The molecule has 0 bridgehead atoms. The maximum atomic E-state index is 14.4. The Labute approximate surface area is 186 Å². The van der Waals surface area contributed by atoms with E-state index in [0.717, 1.165) is 19.3 Å². The Balaban J connectivity index is 1.40. The lowest BCUT2D eigenvalue weighted by Crippen LogP contribution is -2.41. The van der Waals surface area contributed by atoms with Crippen molar-refractivity contribution >= 4 is 15.9 Å². The quantitative estimate of drug-likeness (QED) is 0.615. The van der Waals surface area contributed by atoms with Crippen molar-refractivity contribution in [1.29, 1.82) is 0 Å². The number of halogens is 1. The smallest absolute Gasteiger partial charge is 0.251 e. The van der Waals surface area contributed by atoms with Gasteiger partial charge in [-0.3, -0.25) is 4.79 Å². The molecule has 1 aliphatic heterocycles. The van der Waals surface area contributed by atoms with Crippen molar-refractivity contribution in [2.45, 2.75) is 43.7 Å². The molecule has 32 heavy (non-hydrogen) atoms. The molecule has 168 valence electrons. The molecule has 1 atom stereocenters. The van der Waals surface area contributed by atoms with E-state index in [-0.39, 0.29) is 23.4 Å². The van der Waals surface area contributed by atoms with Gasteiger partial charge in [0.05, 0.1) is 16.9 Å². The molecule has 1 amide bonds. The van der Waals surface area contributed by atoms with E-state index in [2.05, 4.69) is 10.3 Å². The minimum absolute atomic E-state index is 0.0303. The van der Waals surface area contributed by atoms with Crippen LogP contribution in [0.1, 0.15) is 42.1 Å². The van der Waals surface area contributed by atoms with Gasteiger partial charge in [0.2, 0.25) is 10.0 Å². The first kappa shape index (κ1) is 22.2. The van der Waals surface area contributed by atoms with Crippen LogP contribution in [0.25, 0.3) is 5.69 Å². The molecule has 0 radical (unpaired) electrons. The van der Waals surface area contributed by atoms with Crippen molar-refractivity contribution in [3.8, 4) is 5.69 Å². The van der Waals surface area contributed by atoms with Gasteiger partial charge < -0.3 is 9.88 Å². The Hall–Kier alpha value is -3.04. The number of imidazole rings is 1. The van der Waals surface area contributed by atoms with E-state index in [0.29, 0.717) is 23.4 Å². The summed E-state index contributed by atoms with van der Waals surface area (Å²) in [5.74, 6) is -0.782. The van der Waals surface area contributed by atoms with Crippen LogP contribution >= 0.6 is 0 Å². The van der Waals surface area contributed by atoms with Crippen LogP contribution in [0.15, 0.2) is 66.1 Å². The van der Waals surface area contributed by atoms with E-state index >= 15 is 0 Å². The van der Waals surface area contributed by atoms with Crippen molar-refractivity contribution < 1.29 is 17.6 Å². The summed E-state index contributed by atoms with van der Waals surface area (Å²) in [6, 6.07) is 10.6. The first-order valence-electron chi connectivity index (χ1n) is 10.5. The van der Waals surface area contributed by atoms with E-state index in [4.69, 9.17) is 0 Å². The SMILES string of the molecule is CC1CCCCN1S(=O)(=O)c1ccc(C(=O)NCc2ccc(-n3ccnc3)c(F)c2)cc1. The summed E-state index contributed by atoms with van der Waals surface area (Å²) in [7, 11) is -3.58. The van der Waals surface area contributed by atoms with Crippen LogP contribution < -0.4 is 5.32 Å². The predicted molar refractivity (Wildman–Crippen MR) is 118 cm³/mol. The fourth-order valence-electron chi connectivity index (χ4n) is 3.90. The lowest BCUT2D eigenvalue weighted by atomic mass is 10.1. The highest BCUT2D eigenvalue weighted by molar-refractivity contribution is 7.89. The van der Waals surface area contributed by atoms with E-state index in [1.165, 1.54) is 41.0 Å². The summed E-state index contributed by atoms with van der Waals surface area (Å²) in [4.78, 5) is 16.6. The largest absolute Gasteiger partial charge is 0.348 e. The molecular formula is C23H25FN4O3S. The Morgan fingerprint density at radius 3 is 2.62 bits per heavy atom. The van der Waals surface area contributed by atoms with Crippen LogP contribution in [0.2, 0.25) is 0 Å². The molecule has 2 heterocycles. The van der Waals surface area contributed by atoms with Gasteiger partial charge in [-0.05, 0) is 61.7 Å². The number of aromatic nitrogens is 2. The summed E-state index contributed by atoms with van der Waals surface area (Å²) in [5, 5.41) is 2.74. The normalized spacial score (nSPS) is 17.2. The van der Waals surface area contributed by atoms with Gasteiger partial charge in [-0.25, -0.2) is 17.8 Å². The second-order valence-electron chi connectivity index (χ2n) is 7.92. The molecule has 1 fully saturated rings. The molecule has 4 rings (SSSR count). The summed E-state index contributed by atoms with van der Waals surface area (Å²) in [6.07, 6.45) is 7.46. The Kier molecular flexibility index (Phi) is 6.38. The molecule has 1 aliphatic rings. The number of piperidine rings is 1. The van der Waals surface area contributed by atoms with Crippen molar-refractivity contribution in [3.63, 3.8) is 0 Å². The van der Waals surface area contributed by atoms with Crippen LogP contribution in [0.4, 0.5) is 4.39 Å². The molecular weight excluding hydrogens is 431 g/mol. The van der Waals surface area contributed by atoms with E-state index in [1.807, 2.05) is 6.92 Å². The molecule has 3 aromatic rings. The van der Waals surface area contributed by atoms with Gasteiger partial charge in [0.25, 0.3) is 5.91 Å². The summed E-state index contributed by atoms with van der Waals surface area (Å²) in [5.41, 5.74) is 1.32. The van der Waals surface area contributed by atoms with Crippen LogP contribution in [-0.4, -0.2) is 40.8 Å². The van der Waals surface area contributed by atoms with E-state index in [1.54, 1.807) is 29.1 Å². The van der Waals surface area contributed by atoms with E-state index < -0.39 is 15.8 Å². The molecule has 1 N–H and O–H groups in total. The number of nitrogens with one attached hydrogen (secondary N) is 1. The number of hydrogen-bond acceptors (Lipinski definition) is 4. The number of hydrogen-bond donors (Lipinski definition) is 1. The van der Waals surface area contributed by atoms with Gasteiger partial charge in [0, 0.05) is 37.1 Å². The zero-order chi connectivity index (χ0) is 22.7. The number of sulfonamides is 1. The zero-order valence-corrected chi connectivity index (χ0v) is 18.6.